The molecule has 71 heavy (non-hydrogen) atoms. The van der Waals surface area contributed by atoms with E-state index in [2.05, 4.69) is 265 Å². The Kier molecular flexibility index (Phi) is 9.35. The molecular weight excluding hydrogens is 893 g/mol. The first-order chi connectivity index (χ1) is 35.3. The lowest BCUT2D eigenvalue weighted by atomic mass is 9.85. The molecule has 1 aliphatic carbocycles. The van der Waals surface area contributed by atoms with Gasteiger partial charge in [0.05, 0.1) is 11.0 Å². The van der Waals surface area contributed by atoms with Gasteiger partial charge in [0.2, 0.25) is 0 Å². The average molecular weight is 938 g/mol. The van der Waals surface area contributed by atoms with E-state index in [0.29, 0.717) is 11.6 Å². The summed E-state index contributed by atoms with van der Waals surface area (Å²) in [7, 11) is -1.52. The molecule has 0 fully saturated rings. The summed E-state index contributed by atoms with van der Waals surface area (Å²) < 4.78 is 2.51. The largest absolute Gasteiger partial charge is 0.309 e. The molecule has 4 atom stereocenters. The zero-order chi connectivity index (χ0) is 46.6. The minimum absolute atomic E-state index is 0.348. The highest BCUT2D eigenvalue weighted by molar-refractivity contribution is 7.74. The fourth-order valence-electron chi connectivity index (χ4n) is 12.6. The fraction of sp³-hybridized carbons (Fsp3) is 0.0294. The number of benzene rings is 11. The molecule has 2 aliphatic rings. The number of para-hydroxylation sites is 3. The minimum atomic E-state index is -0.816. The van der Waals surface area contributed by atoms with Gasteiger partial charge >= 0.3 is 0 Å². The third kappa shape index (κ3) is 6.11. The average Bonchev–Trinajstić information content (AvgIpc) is 4.09. The predicted octanol–water partition coefficient (Wildman–Crippen LogP) is 18.4. The van der Waals surface area contributed by atoms with Crippen LogP contribution >= 0.6 is 15.5 Å². The van der Waals surface area contributed by atoms with Gasteiger partial charge in [-0.3, -0.25) is 0 Å². The van der Waals surface area contributed by atoms with Gasteiger partial charge in [0, 0.05) is 43.8 Å². The van der Waals surface area contributed by atoms with Crippen molar-refractivity contribution in [3.05, 3.63) is 266 Å². The zero-order valence-electron chi connectivity index (χ0n) is 38.8. The van der Waals surface area contributed by atoms with Gasteiger partial charge in [-0.1, -0.05) is 244 Å². The van der Waals surface area contributed by atoms with Crippen LogP contribution in [0.2, 0.25) is 0 Å². The normalized spacial score (nSPS) is 16.5. The van der Waals surface area contributed by atoms with E-state index in [0.717, 1.165) is 5.69 Å². The number of aromatic nitrogens is 1. The van der Waals surface area contributed by atoms with Gasteiger partial charge in [-0.05, 0) is 114 Å². The highest BCUT2D eigenvalue weighted by atomic mass is 31.1. The smallest absolute Gasteiger partial charge is 0.0619 e. The van der Waals surface area contributed by atoms with Crippen LogP contribution in [-0.4, -0.2) is 10.2 Å². The van der Waals surface area contributed by atoms with Crippen molar-refractivity contribution in [1.82, 2.24) is 4.57 Å². The summed E-state index contributed by atoms with van der Waals surface area (Å²) in [6, 6.07) is 89.6. The van der Waals surface area contributed by atoms with Crippen LogP contribution in [0.15, 0.2) is 261 Å². The Balaban J connectivity index is 1.10. The van der Waals surface area contributed by atoms with E-state index in [1.54, 1.807) is 0 Å². The van der Waals surface area contributed by atoms with Crippen molar-refractivity contribution in [3.8, 4) is 44.4 Å². The van der Waals surface area contributed by atoms with Crippen LogP contribution in [0.4, 0.5) is 0 Å². The molecule has 332 valence electrons. The molecule has 3 heterocycles. The molecule has 15 rings (SSSR count). The Morgan fingerprint density at radius 3 is 1.68 bits per heavy atom. The second-order valence-corrected chi connectivity index (χ2v) is 23.5. The molecule has 11 aromatic carbocycles. The molecular formula is C68H45NP2. The standard InChI is InChI=1S/C68H45NP2/c1-4-21-44(22-5-1)69-62-40-13-10-27-49(62)54-34-18-39-59(66(54)69)65-52-32-16-30-47(55-35-19-37-57-50-28-11-14-41-63(50)70(67(55)57)45-23-6-2-7-24-45)60(52)43-61-48(31-17-33-53(61)65)56-36-20-38-58-51-29-12-15-42-64(51)71(68(56)58)46-25-8-3-9-26-46/h1-43,50,63H. The van der Waals surface area contributed by atoms with E-state index >= 15 is 0 Å². The predicted molar refractivity (Wildman–Crippen MR) is 309 cm³/mol. The van der Waals surface area contributed by atoms with E-state index < -0.39 is 15.5 Å². The molecule has 1 aliphatic heterocycles. The van der Waals surface area contributed by atoms with Crippen molar-refractivity contribution in [2.45, 2.75) is 11.6 Å². The first-order valence-electron chi connectivity index (χ1n) is 24.8. The Morgan fingerprint density at radius 1 is 0.366 bits per heavy atom. The van der Waals surface area contributed by atoms with Crippen LogP contribution in [0.3, 0.4) is 0 Å². The van der Waals surface area contributed by atoms with Gasteiger partial charge < -0.3 is 4.57 Å². The van der Waals surface area contributed by atoms with Crippen LogP contribution in [0.25, 0.3) is 109 Å². The molecule has 0 radical (unpaired) electrons. The van der Waals surface area contributed by atoms with Crippen molar-refractivity contribution in [3.63, 3.8) is 0 Å². The Morgan fingerprint density at radius 2 is 0.915 bits per heavy atom. The van der Waals surface area contributed by atoms with Gasteiger partial charge in [0.15, 0.2) is 0 Å². The van der Waals surface area contributed by atoms with Gasteiger partial charge in [0.1, 0.15) is 0 Å². The van der Waals surface area contributed by atoms with Crippen LogP contribution in [0.1, 0.15) is 11.5 Å². The molecule has 4 unspecified atom stereocenters. The van der Waals surface area contributed by atoms with Crippen molar-refractivity contribution < 1.29 is 0 Å². The lowest BCUT2D eigenvalue weighted by molar-refractivity contribution is 0.889. The minimum Gasteiger partial charge on any atom is -0.309 e. The summed E-state index contributed by atoms with van der Waals surface area (Å²) in [4.78, 5) is 0. The quantitative estimate of drug-likeness (QED) is 0.116. The number of hydrogen-bond donors (Lipinski definition) is 0. The number of hydrogen-bond acceptors (Lipinski definition) is 0. The number of nitrogens with zero attached hydrogens (tertiary/aromatic N) is 1. The molecule has 0 saturated heterocycles. The van der Waals surface area contributed by atoms with Crippen LogP contribution in [0.5, 0.6) is 0 Å². The van der Waals surface area contributed by atoms with Crippen molar-refractivity contribution in [2.75, 3.05) is 0 Å². The summed E-state index contributed by atoms with van der Waals surface area (Å²) in [5, 5.41) is 17.5. The summed E-state index contributed by atoms with van der Waals surface area (Å²) in [5.74, 6) is 0.348. The van der Waals surface area contributed by atoms with Gasteiger partial charge in [-0.2, -0.15) is 0 Å². The molecule has 1 nitrogen and oxygen atoms in total. The van der Waals surface area contributed by atoms with Gasteiger partial charge in [-0.15, -0.1) is 0 Å². The topological polar surface area (TPSA) is 4.93 Å². The number of allylic oxidation sites excluding steroid dienone is 4. The molecule has 0 saturated carbocycles. The van der Waals surface area contributed by atoms with Crippen molar-refractivity contribution in [1.29, 1.82) is 0 Å². The SMILES string of the molecule is C1=CC2c3cccc(-c4cccc5c(-c6cccc7c8ccccc8n(-c8ccccc8)c67)c6cccc(-c7cccc8c9ccccc9p(-c9ccccc9)c78)c6cc45)c3P(c3ccccc3)C2C=C1. The molecule has 0 bridgehead atoms. The van der Waals surface area contributed by atoms with Gasteiger partial charge in [0.25, 0.3) is 0 Å². The number of rotatable bonds is 6. The number of fused-ring (bicyclic) bond motifs is 11. The molecule has 0 amide bonds. The second kappa shape index (κ2) is 16.3. The van der Waals surface area contributed by atoms with Crippen molar-refractivity contribution in [2.24, 2.45) is 0 Å². The summed E-state index contributed by atoms with van der Waals surface area (Å²) in [6.45, 7) is 0. The van der Waals surface area contributed by atoms with Crippen LogP contribution in [-0.2, 0) is 0 Å². The second-order valence-electron chi connectivity index (χ2n) is 19.1. The highest BCUT2D eigenvalue weighted by Crippen LogP contribution is 2.60. The maximum atomic E-state index is 2.57. The molecule has 2 aromatic heterocycles. The molecule has 13 aromatic rings. The van der Waals surface area contributed by atoms with Crippen molar-refractivity contribution >= 4 is 90.4 Å². The lowest BCUT2D eigenvalue weighted by Gasteiger charge is -2.24. The molecule has 0 N–H and O–H groups in total. The van der Waals surface area contributed by atoms with E-state index in [-0.39, 0.29) is 0 Å². The molecule has 0 spiro atoms. The Bertz CT molecular complexity index is 4350. The van der Waals surface area contributed by atoms with E-state index in [9.17, 15) is 0 Å². The van der Waals surface area contributed by atoms with E-state index in [4.69, 9.17) is 0 Å². The van der Waals surface area contributed by atoms with E-state index in [1.807, 2.05) is 0 Å². The summed E-state index contributed by atoms with van der Waals surface area (Å²) in [6.07, 6.45) is 9.48. The van der Waals surface area contributed by atoms with E-state index in [1.165, 1.54) is 119 Å². The maximum Gasteiger partial charge on any atom is 0.0619 e. The third-order valence-corrected chi connectivity index (χ3v) is 21.0. The summed E-state index contributed by atoms with van der Waals surface area (Å²) >= 11 is 0. The first-order valence-corrected chi connectivity index (χ1v) is 27.5. The fourth-order valence-corrected chi connectivity index (χ4v) is 18.6. The lowest BCUT2D eigenvalue weighted by Crippen LogP contribution is -2.17. The zero-order valence-corrected chi connectivity index (χ0v) is 40.6. The molecule has 3 heteroatoms. The van der Waals surface area contributed by atoms with Crippen LogP contribution in [0, 0.1) is 0 Å². The Labute approximate surface area is 415 Å². The third-order valence-electron chi connectivity index (χ3n) is 15.4. The first kappa shape index (κ1) is 40.8. The highest BCUT2D eigenvalue weighted by Gasteiger charge is 2.41. The Hall–Kier alpha value is -8.05. The monoisotopic (exact) mass is 937 g/mol. The van der Waals surface area contributed by atoms with Gasteiger partial charge in [-0.25, -0.2) is 0 Å². The summed E-state index contributed by atoms with van der Waals surface area (Å²) in [5.41, 5.74) is 13.2. The van der Waals surface area contributed by atoms with Crippen LogP contribution < -0.4 is 10.6 Å². The maximum absolute atomic E-state index is 2.57.